The van der Waals surface area contributed by atoms with E-state index in [1.807, 2.05) is 13.8 Å². The van der Waals surface area contributed by atoms with Gasteiger partial charge in [0.25, 0.3) is 11.8 Å². The van der Waals surface area contributed by atoms with E-state index in [9.17, 15) is 14.4 Å². The number of aromatic amines is 1. The normalized spacial score (nSPS) is 13.0. The lowest BCUT2D eigenvalue weighted by Gasteiger charge is -2.11. The third-order valence-electron chi connectivity index (χ3n) is 4.67. The van der Waals surface area contributed by atoms with Gasteiger partial charge < -0.3 is 4.84 Å². The molecule has 3 aromatic rings. The SMILES string of the molecule is C=CCn1nc(C)c(-c2cc(C(=O)ON3C(=O)c4ccccc4C3=O)[nH]n2)c1C. The number of rotatable bonds is 5. The van der Waals surface area contributed by atoms with E-state index in [4.69, 9.17) is 4.84 Å². The molecular weight excluding hydrogens is 374 g/mol. The molecule has 0 fully saturated rings. The predicted octanol–water partition coefficient (Wildman–Crippen LogP) is 2.44. The van der Waals surface area contributed by atoms with Crippen LogP contribution in [0.2, 0.25) is 0 Å². The van der Waals surface area contributed by atoms with Crippen LogP contribution in [0.25, 0.3) is 11.3 Å². The molecule has 29 heavy (non-hydrogen) atoms. The van der Waals surface area contributed by atoms with Crippen LogP contribution in [0.5, 0.6) is 0 Å². The zero-order chi connectivity index (χ0) is 20.7. The molecule has 0 spiro atoms. The lowest BCUT2D eigenvalue weighted by atomic mass is 10.1. The Morgan fingerprint density at radius 2 is 1.86 bits per heavy atom. The molecule has 4 rings (SSSR count). The Balaban J connectivity index is 1.57. The number of H-pyrrole nitrogens is 1. The summed E-state index contributed by atoms with van der Waals surface area (Å²) in [5, 5.41) is 11.7. The van der Waals surface area contributed by atoms with Crippen LogP contribution in [0, 0.1) is 13.8 Å². The number of hydrogen-bond donors (Lipinski definition) is 1. The number of imide groups is 1. The molecule has 0 saturated heterocycles. The van der Waals surface area contributed by atoms with Gasteiger partial charge in [0, 0.05) is 11.3 Å². The highest BCUT2D eigenvalue weighted by molar-refractivity contribution is 6.21. The third-order valence-corrected chi connectivity index (χ3v) is 4.67. The summed E-state index contributed by atoms with van der Waals surface area (Å²) >= 11 is 0. The molecule has 3 heterocycles. The van der Waals surface area contributed by atoms with Gasteiger partial charge in [-0.1, -0.05) is 23.3 Å². The monoisotopic (exact) mass is 391 g/mol. The van der Waals surface area contributed by atoms with Crippen molar-refractivity contribution < 1.29 is 19.2 Å². The highest BCUT2D eigenvalue weighted by Gasteiger charge is 2.39. The topological polar surface area (TPSA) is 110 Å². The second kappa shape index (κ2) is 6.86. The molecule has 0 atom stereocenters. The highest BCUT2D eigenvalue weighted by atomic mass is 16.7. The fourth-order valence-corrected chi connectivity index (χ4v) is 3.30. The maximum atomic E-state index is 12.5. The minimum absolute atomic E-state index is 0.00632. The van der Waals surface area contributed by atoms with E-state index >= 15 is 0 Å². The van der Waals surface area contributed by atoms with Gasteiger partial charge in [-0.05, 0) is 32.0 Å². The van der Waals surface area contributed by atoms with Crippen LogP contribution in [-0.4, -0.2) is 42.8 Å². The summed E-state index contributed by atoms with van der Waals surface area (Å²) in [4.78, 5) is 42.2. The number of nitrogens with zero attached hydrogens (tertiary/aromatic N) is 4. The molecule has 1 N–H and O–H groups in total. The fourth-order valence-electron chi connectivity index (χ4n) is 3.30. The molecule has 0 radical (unpaired) electrons. The van der Waals surface area contributed by atoms with Gasteiger partial charge in [0.05, 0.1) is 29.1 Å². The third kappa shape index (κ3) is 2.92. The van der Waals surface area contributed by atoms with E-state index in [1.54, 1.807) is 22.9 Å². The van der Waals surface area contributed by atoms with Crippen molar-refractivity contribution in [1.82, 2.24) is 25.0 Å². The lowest BCUT2D eigenvalue weighted by molar-refractivity contribution is -0.0588. The quantitative estimate of drug-likeness (QED) is 0.528. The van der Waals surface area contributed by atoms with Crippen molar-refractivity contribution in [2.24, 2.45) is 0 Å². The Bertz CT molecular complexity index is 1140. The maximum absolute atomic E-state index is 12.5. The number of fused-ring (bicyclic) bond motifs is 1. The molecule has 1 aliphatic rings. The number of amides is 2. The summed E-state index contributed by atoms with van der Waals surface area (Å²) in [7, 11) is 0. The number of hydroxylamine groups is 2. The number of carbonyl (C=O) groups excluding carboxylic acids is 3. The first-order chi connectivity index (χ1) is 13.9. The molecule has 9 nitrogen and oxygen atoms in total. The van der Waals surface area contributed by atoms with Crippen LogP contribution in [0.1, 0.15) is 42.6 Å². The van der Waals surface area contributed by atoms with Crippen molar-refractivity contribution in [3.8, 4) is 11.3 Å². The number of allylic oxidation sites excluding steroid dienone is 1. The van der Waals surface area contributed by atoms with E-state index in [1.165, 1.54) is 18.2 Å². The van der Waals surface area contributed by atoms with Gasteiger partial charge in [-0.15, -0.1) is 6.58 Å². The molecule has 146 valence electrons. The van der Waals surface area contributed by atoms with Crippen molar-refractivity contribution >= 4 is 17.8 Å². The number of aromatic nitrogens is 4. The molecule has 2 amide bonds. The van der Waals surface area contributed by atoms with E-state index in [0.717, 1.165) is 17.0 Å². The predicted molar refractivity (Wildman–Crippen MR) is 102 cm³/mol. The molecule has 0 saturated carbocycles. The van der Waals surface area contributed by atoms with Crippen LogP contribution in [0.15, 0.2) is 43.0 Å². The Labute approximate surface area is 165 Å². The molecule has 0 unspecified atom stereocenters. The van der Waals surface area contributed by atoms with Crippen LogP contribution in [0.3, 0.4) is 0 Å². The van der Waals surface area contributed by atoms with Crippen molar-refractivity contribution in [3.05, 3.63) is 71.2 Å². The standard InChI is InChI=1S/C20H17N5O4/c1-4-9-24-12(3)17(11(2)23-24)15-10-16(22-21-15)20(28)29-25-18(26)13-7-5-6-8-14(13)19(25)27/h4-8,10H,1,9H2,2-3H3,(H,21,22). The summed E-state index contributed by atoms with van der Waals surface area (Å²) in [6.45, 7) is 7.99. The van der Waals surface area contributed by atoms with Crippen molar-refractivity contribution in [2.75, 3.05) is 0 Å². The summed E-state index contributed by atoms with van der Waals surface area (Å²) in [5.74, 6) is -2.26. The van der Waals surface area contributed by atoms with E-state index < -0.39 is 17.8 Å². The fraction of sp³-hybridized carbons (Fsp3) is 0.150. The average molecular weight is 391 g/mol. The van der Waals surface area contributed by atoms with Crippen molar-refractivity contribution in [3.63, 3.8) is 0 Å². The van der Waals surface area contributed by atoms with Crippen LogP contribution >= 0.6 is 0 Å². The van der Waals surface area contributed by atoms with Gasteiger partial charge in [-0.2, -0.15) is 10.2 Å². The summed E-state index contributed by atoms with van der Waals surface area (Å²) in [5.41, 5.74) is 3.29. The van der Waals surface area contributed by atoms with Gasteiger partial charge in [-0.3, -0.25) is 19.4 Å². The Hall–Kier alpha value is -4.01. The Morgan fingerprint density at radius 1 is 1.21 bits per heavy atom. The number of hydrogen-bond acceptors (Lipinski definition) is 6. The largest absolute Gasteiger partial charge is 0.381 e. The summed E-state index contributed by atoms with van der Waals surface area (Å²) < 4.78 is 1.78. The lowest BCUT2D eigenvalue weighted by Crippen LogP contribution is -2.32. The van der Waals surface area contributed by atoms with Gasteiger partial charge in [-0.25, -0.2) is 4.79 Å². The first kappa shape index (κ1) is 18.4. The summed E-state index contributed by atoms with van der Waals surface area (Å²) in [6.07, 6.45) is 1.73. The Kier molecular flexibility index (Phi) is 4.34. The van der Waals surface area contributed by atoms with Crippen LogP contribution in [0.4, 0.5) is 0 Å². The van der Waals surface area contributed by atoms with Gasteiger partial charge in [0.2, 0.25) is 0 Å². The average Bonchev–Trinajstić information content (AvgIpc) is 3.35. The number of nitrogens with one attached hydrogen (secondary N) is 1. The molecule has 1 aliphatic heterocycles. The summed E-state index contributed by atoms with van der Waals surface area (Å²) in [6, 6.07) is 7.77. The zero-order valence-corrected chi connectivity index (χ0v) is 15.8. The number of carbonyl (C=O) groups is 3. The molecule has 0 bridgehead atoms. The molecule has 1 aromatic carbocycles. The molecular formula is C20H17N5O4. The van der Waals surface area contributed by atoms with E-state index in [0.29, 0.717) is 17.3 Å². The first-order valence-corrected chi connectivity index (χ1v) is 8.83. The second-order valence-corrected chi connectivity index (χ2v) is 6.51. The highest BCUT2D eigenvalue weighted by Crippen LogP contribution is 2.27. The smallest absolute Gasteiger partial charge is 0.323 e. The van der Waals surface area contributed by atoms with Crippen molar-refractivity contribution in [1.29, 1.82) is 0 Å². The second-order valence-electron chi connectivity index (χ2n) is 6.51. The van der Waals surface area contributed by atoms with Gasteiger partial charge >= 0.3 is 5.97 Å². The molecule has 9 heteroatoms. The van der Waals surface area contributed by atoms with Crippen LogP contribution in [-0.2, 0) is 11.4 Å². The molecule has 2 aromatic heterocycles. The van der Waals surface area contributed by atoms with E-state index in [2.05, 4.69) is 21.9 Å². The van der Waals surface area contributed by atoms with E-state index in [-0.39, 0.29) is 16.8 Å². The number of benzene rings is 1. The maximum Gasteiger partial charge on any atom is 0.381 e. The Morgan fingerprint density at radius 3 is 2.48 bits per heavy atom. The van der Waals surface area contributed by atoms with Gasteiger partial charge in [0.15, 0.2) is 0 Å². The van der Waals surface area contributed by atoms with Gasteiger partial charge in [0.1, 0.15) is 5.69 Å². The first-order valence-electron chi connectivity index (χ1n) is 8.83. The number of aryl methyl sites for hydroxylation is 1. The molecule has 0 aliphatic carbocycles. The van der Waals surface area contributed by atoms with Crippen LogP contribution < -0.4 is 0 Å². The zero-order valence-electron chi connectivity index (χ0n) is 15.8. The van der Waals surface area contributed by atoms with Crippen molar-refractivity contribution in [2.45, 2.75) is 20.4 Å². The minimum Gasteiger partial charge on any atom is -0.323 e. The minimum atomic E-state index is -0.896.